The molecule has 2 saturated heterocycles. The van der Waals surface area contributed by atoms with Gasteiger partial charge in [-0.3, -0.25) is 4.90 Å². The molecule has 7 heteroatoms. The summed E-state index contributed by atoms with van der Waals surface area (Å²) in [6.07, 6.45) is 5.33. The maximum Gasteiger partial charge on any atom is 0.156 e. The van der Waals surface area contributed by atoms with E-state index in [9.17, 15) is 0 Å². The summed E-state index contributed by atoms with van der Waals surface area (Å²) in [6.45, 7) is 6.05. The third-order valence-electron chi connectivity index (χ3n) is 6.25. The molecule has 0 bridgehead atoms. The number of rotatable bonds is 6. The average Bonchev–Trinajstić information content (AvgIpc) is 3.22. The number of aromatic nitrogens is 4. The Hall–Kier alpha value is -2.77. The van der Waals surface area contributed by atoms with E-state index in [0.717, 1.165) is 69.8 Å². The number of piperidine rings is 1. The van der Waals surface area contributed by atoms with Crippen molar-refractivity contribution in [1.82, 2.24) is 24.6 Å². The van der Waals surface area contributed by atoms with E-state index in [4.69, 9.17) is 14.9 Å². The van der Waals surface area contributed by atoms with Crippen LogP contribution >= 0.6 is 0 Å². The zero-order valence-electron chi connectivity index (χ0n) is 17.9. The van der Waals surface area contributed by atoms with Crippen LogP contribution in [0.2, 0.25) is 0 Å². The van der Waals surface area contributed by atoms with Crippen LogP contribution in [-0.4, -0.2) is 57.5 Å². The minimum Gasteiger partial charge on any atom is -0.379 e. The van der Waals surface area contributed by atoms with Gasteiger partial charge in [-0.05, 0) is 37.0 Å². The van der Waals surface area contributed by atoms with Crippen LogP contribution in [0, 0.1) is 0 Å². The standard InChI is InChI=1S/C24H30N6O/c1-2-8-20(9-3-1)18-30-23(19-28-14-16-31-17-15-28)26-27-24(30)21-10-5-7-13-29(21)22-11-4-6-12-25-22/h1-4,6,8-9,11-12,21H,5,7,10,13-19H2. The van der Waals surface area contributed by atoms with Crippen molar-refractivity contribution in [2.75, 3.05) is 37.7 Å². The van der Waals surface area contributed by atoms with E-state index in [-0.39, 0.29) is 6.04 Å². The molecule has 0 radical (unpaired) electrons. The maximum absolute atomic E-state index is 5.53. The van der Waals surface area contributed by atoms with Gasteiger partial charge < -0.3 is 14.2 Å². The van der Waals surface area contributed by atoms with Crippen LogP contribution in [0.3, 0.4) is 0 Å². The molecule has 0 spiro atoms. The van der Waals surface area contributed by atoms with Gasteiger partial charge in [-0.15, -0.1) is 10.2 Å². The number of morpholine rings is 1. The Morgan fingerprint density at radius 3 is 2.52 bits per heavy atom. The smallest absolute Gasteiger partial charge is 0.156 e. The van der Waals surface area contributed by atoms with Crippen molar-refractivity contribution < 1.29 is 4.74 Å². The number of hydrogen-bond acceptors (Lipinski definition) is 6. The van der Waals surface area contributed by atoms with Gasteiger partial charge in [0, 0.05) is 25.8 Å². The van der Waals surface area contributed by atoms with Crippen molar-refractivity contribution in [3.63, 3.8) is 0 Å². The second-order valence-corrected chi connectivity index (χ2v) is 8.33. The molecular formula is C24H30N6O. The van der Waals surface area contributed by atoms with E-state index in [2.05, 4.69) is 61.8 Å². The molecule has 3 aromatic rings. The molecule has 2 aliphatic rings. The first-order valence-electron chi connectivity index (χ1n) is 11.3. The molecule has 4 heterocycles. The van der Waals surface area contributed by atoms with Gasteiger partial charge in [0.05, 0.1) is 32.3 Å². The highest BCUT2D eigenvalue weighted by Crippen LogP contribution is 2.34. The van der Waals surface area contributed by atoms with Crippen molar-refractivity contribution in [1.29, 1.82) is 0 Å². The second-order valence-electron chi connectivity index (χ2n) is 8.33. The quantitative estimate of drug-likeness (QED) is 0.612. The number of pyridine rings is 1. The summed E-state index contributed by atoms with van der Waals surface area (Å²) in [5.74, 6) is 3.11. The number of nitrogens with zero attached hydrogens (tertiary/aromatic N) is 6. The Morgan fingerprint density at radius 1 is 0.871 bits per heavy atom. The molecule has 2 aliphatic heterocycles. The summed E-state index contributed by atoms with van der Waals surface area (Å²) < 4.78 is 7.87. The van der Waals surface area contributed by atoms with E-state index >= 15 is 0 Å². The van der Waals surface area contributed by atoms with Gasteiger partial charge in [-0.2, -0.15) is 0 Å². The highest BCUT2D eigenvalue weighted by molar-refractivity contribution is 5.41. The first-order chi connectivity index (χ1) is 15.4. The van der Waals surface area contributed by atoms with Crippen molar-refractivity contribution in [2.45, 2.75) is 38.4 Å². The van der Waals surface area contributed by atoms with Gasteiger partial charge in [0.25, 0.3) is 0 Å². The maximum atomic E-state index is 5.53. The molecule has 2 aromatic heterocycles. The molecule has 7 nitrogen and oxygen atoms in total. The molecule has 162 valence electrons. The van der Waals surface area contributed by atoms with Gasteiger partial charge in [0.2, 0.25) is 0 Å². The van der Waals surface area contributed by atoms with Crippen LogP contribution < -0.4 is 4.90 Å². The Labute approximate surface area is 183 Å². The van der Waals surface area contributed by atoms with Gasteiger partial charge in [-0.1, -0.05) is 36.4 Å². The fourth-order valence-electron chi connectivity index (χ4n) is 4.61. The summed E-state index contributed by atoms with van der Waals surface area (Å²) in [7, 11) is 0. The molecule has 1 atom stereocenters. The van der Waals surface area contributed by atoms with Gasteiger partial charge in [-0.25, -0.2) is 4.98 Å². The first kappa shape index (κ1) is 20.2. The van der Waals surface area contributed by atoms with Crippen molar-refractivity contribution >= 4 is 5.82 Å². The molecule has 0 saturated carbocycles. The summed E-state index contributed by atoms with van der Waals surface area (Å²) in [5, 5.41) is 9.46. The molecule has 1 aromatic carbocycles. The topological polar surface area (TPSA) is 59.3 Å². The van der Waals surface area contributed by atoms with E-state index < -0.39 is 0 Å². The predicted octanol–water partition coefficient (Wildman–Crippen LogP) is 3.29. The van der Waals surface area contributed by atoms with Crippen LogP contribution in [0.1, 0.15) is 42.5 Å². The van der Waals surface area contributed by atoms with Crippen molar-refractivity contribution in [3.8, 4) is 0 Å². The molecule has 2 fully saturated rings. The number of benzene rings is 1. The lowest BCUT2D eigenvalue weighted by Gasteiger charge is -2.36. The number of hydrogen-bond donors (Lipinski definition) is 0. The SMILES string of the molecule is c1ccc(Cn2c(CN3CCOCC3)nnc2C2CCCCN2c2ccccn2)cc1. The Kier molecular flexibility index (Phi) is 6.22. The fraction of sp³-hybridized carbons (Fsp3) is 0.458. The molecule has 5 rings (SSSR count). The van der Waals surface area contributed by atoms with Gasteiger partial charge in [0.15, 0.2) is 5.82 Å². The van der Waals surface area contributed by atoms with Crippen LogP contribution in [0.4, 0.5) is 5.82 Å². The van der Waals surface area contributed by atoms with Crippen molar-refractivity contribution in [3.05, 3.63) is 71.9 Å². The molecular weight excluding hydrogens is 388 g/mol. The van der Waals surface area contributed by atoms with Gasteiger partial charge in [0.1, 0.15) is 11.6 Å². The van der Waals surface area contributed by atoms with Crippen LogP contribution in [-0.2, 0) is 17.8 Å². The summed E-state index contributed by atoms with van der Waals surface area (Å²) in [4.78, 5) is 9.46. The lowest BCUT2D eigenvalue weighted by molar-refractivity contribution is 0.0325. The second kappa shape index (κ2) is 9.58. The molecule has 0 aliphatic carbocycles. The number of anilines is 1. The lowest BCUT2D eigenvalue weighted by atomic mass is 10.0. The van der Waals surface area contributed by atoms with E-state index in [1.807, 2.05) is 12.3 Å². The molecule has 0 N–H and O–H groups in total. The van der Waals surface area contributed by atoms with E-state index in [0.29, 0.717) is 0 Å². The van der Waals surface area contributed by atoms with Crippen LogP contribution in [0.25, 0.3) is 0 Å². The minimum atomic E-state index is 0.193. The average molecular weight is 419 g/mol. The normalized spacial score (nSPS) is 20.1. The summed E-state index contributed by atoms with van der Waals surface area (Å²) >= 11 is 0. The third kappa shape index (κ3) is 4.62. The minimum absolute atomic E-state index is 0.193. The Balaban J connectivity index is 1.49. The van der Waals surface area contributed by atoms with Gasteiger partial charge >= 0.3 is 0 Å². The van der Waals surface area contributed by atoms with Crippen molar-refractivity contribution in [2.24, 2.45) is 0 Å². The third-order valence-corrected chi connectivity index (χ3v) is 6.25. The predicted molar refractivity (Wildman–Crippen MR) is 120 cm³/mol. The van der Waals surface area contributed by atoms with Crippen LogP contribution in [0.15, 0.2) is 54.7 Å². The lowest BCUT2D eigenvalue weighted by Crippen LogP contribution is -2.37. The Bertz CT molecular complexity index is 955. The highest BCUT2D eigenvalue weighted by atomic mass is 16.5. The number of ether oxygens (including phenoxy) is 1. The molecule has 31 heavy (non-hydrogen) atoms. The largest absolute Gasteiger partial charge is 0.379 e. The summed E-state index contributed by atoms with van der Waals surface area (Å²) in [5.41, 5.74) is 1.27. The van der Waals surface area contributed by atoms with E-state index in [1.54, 1.807) is 0 Å². The zero-order chi connectivity index (χ0) is 20.9. The summed E-state index contributed by atoms with van der Waals surface area (Å²) in [6, 6.07) is 17.0. The van der Waals surface area contributed by atoms with E-state index in [1.165, 1.54) is 18.4 Å². The Morgan fingerprint density at radius 2 is 1.71 bits per heavy atom. The first-order valence-corrected chi connectivity index (χ1v) is 11.3. The molecule has 0 amide bonds. The highest BCUT2D eigenvalue weighted by Gasteiger charge is 2.30. The molecule has 1 unspecified atom stereocenters. The zero-order valence-corrected chi connectivity index (χ0v) is 17.9. The monoisotopic (exact) mass is 418 g/mol. The van der Waals surface area contributed by atoms with Crippen LogP contribution in [0.5, 0.6) is 0 Å². The fourth-order valence-corrected chi connectivity index (χ4v) is 4.61.